The molecule has 0 heterocycles. The van der Waals surface area contributed by atoms with Crippen molar-refractivity contribution in [2.24, 2.45) is 5.92 Å². The summed E-state index contributed by atoms with van der Waals surface area (Å²) in [5, 5.41) is 3.00. The highest BCUT2D eigenvalue weighted by molar-refractivity contribution is 7.88. The van der Waals surface area contributed by atoms with Crippen molar-refractivity contribution >= 4 is 22.0 Å². The molecule has 136 valence electrons. The number of nitrogens with one attached hydrogen (secondary N) is 2. The Morgan fingerprint density at radius 1 is 1.24 bits per heavy atom. The van der Waals surface area contributed by atoms with Gasteiger partial charge < -0.3 is 5.32 Å². The summed E-state index contributed by atoms with van der Waals surface area (Å²) in [7, 11) is -3.23. The van der Waals surface area contributed by atoms with Gasteiger partial charge in [-0.2, -0.15) is 0 Å². The van der Waals surface area contributed by atoms with Gasteiger partial charge in [0.1, 0.15) is 0 Å². The molecule has 1 fully saturated rings. The molecule has 2 N–H and O–H groups in total. The summed E-state index contributed by atoms with van der Waals surface area (Å²) in [4.78, 5) is 12.5. The van der Waals surface area contributed by atoms with E-state index in [1.54, 1.807) is 0 Å². The first-order chi connectivity index (χ1) is 11.9. The smallest absolute Gasteiger partial charge is 0.251 e. The number of allylic oxidation sites excluding steroid dienone is 1. The van der Waals surface area contributed by atoms with E-state index in [-0.39, 0.29) is 17.9 Å². The Balaban J connectivity index is 1.62. The van der Waals surface area contributed by atoms with Crippen LogP contribution in [0.25, 0.3) is 6.08 Å². The van der Waals surface area contributed by atoms with Gasteiger partial charge in [-0.15, -0.1) is 0 Å². The Morgan fingerprint density at radius 2 is 2.04 bits per heavy atom. The second kappa shape index (κ2) is 7.70. The van der Waals surface area contributed by atoms with Crippen LogP contribution < -0.4 is 10.0 Å². The minimum absolute atomic E-state index is 0.0824. The first kappa shape index (κ1) is 18.1. The number of hydrogen-bond acceptors (Lipinski definition) is 3. The number of aryl methyl sites for hydroxylation is 1. The molecule has 0 aliphatic heterocycles. The summed E-state index contributed by atoms with van der Waals surface area (Å²) in [6, 6.07) is 5.74. The van der Waals surface area contributed by atoms with Crippen LogP contribution in [0.5, 0.6) is 0 Å². The van der Waals surface area contributed by atoms with Crippen molar-refractivity contribution < 1.29 is 13.2 Å². The fourth-order valence-electron chi connectivity index (χ4n) is 3.78. The number of carbonyl (C=O) groups excluding carboxylic acids is 1. The molecule has 0 saturated heterocycles. The molecule has 2 unspecified atom stereocenters. The van der Waals surface area contributed by atoms with Gasteiger partial charge in [0.25, 0.3) is 5.91 Å². The summed E-state index contributed by atoms with van der Waals surface area (Å²) in [5.41, 5.74) is 3.08. The van der Waals surface area contributed by atoms with Crippen molar-refractivity contribution in [1.29, 1.82) is 0 Å². The molecule has 2 atom stereocenters. The quantitative estimate of drug-likeness (QED) is 0.845. The number of benzene rings is 1. The zero-order chi connectivity index (χ0) is 17.9. The van der Waals surface area contributed by atoms with E-state index < -0.39 is 10.0 Å². The number of rotatable bonds is 5. The molecular formula is C19H26N2O3S. The lowest BCUT2D eigenvalue weighted by Gasteiger charge is -2.31. The van der Waals surface area contributed by atoms with Crippen LogP contribution in [0, 0.1) is 5.92 Å². The molecule has 0 bridgehead atoms. The van der Waals surface area contributed by atoms with E-state index in [2.05, 4.69) is 22.2 Å². The maximum atomic E-state index is 12.5. The predicted molar refractivity (Wildman–Crippen MR) is 99.9 cm³/mol. The van der Waals surface area contributed by atoms with Gasteiger partial charge in [0.2, 0.25) is 10.0 Å². The molecule has 2 aliphatic carbocycles. The van der Waals surface area contributed by atoms with Crippen LogP contribution in [0.2, 0.25) is 0 Å². The van der Waals surface area contributed by atoms with Crippen LogP contribution in [0.3, 0.4) is 0 Å². The summed E-state index contributed by atoms with van der Waals surface area (Å²) in [6.45, 7) is 0.503. The Hall–Kier alpha value is -1.66. The maximum Gasteiger partial charge on any atom is 0.251 e. The Labute approximate surface area is 149 Å². The molecular weight excluding hydrogens is 336 g/mol. The molecule has 0 aromatic heterocycles. The normalized spacial score (nSPS) is 23.1. The minimum atomic E-state index is -3.23. The molecule has 2 aliphatic rings. The van der Waals surface area contributed by atoms with Crippen molar-refractivity contribution in [3.63, 3.8) is 0 Å². The second-order valence-corrected chi connectivity index (χ2v) is 8.89. The zero-order valence-electron chi connectivity index (χ0n) is 14.6. The van der Waals surface area contributed by atoms with E-state index in [1.807, 2.05) is 18.2 Å². The lowest BCUT2D eigenvalue weighted by molar-refractivity contribution is 0.0940. The van der Waals surface area contributed by atoms with Crippen molar-refractivity contribution in [1.82, 2.24) is 10.0 Å². The van der Waals surface area contributed by atoms with E-state index in [0.717, 1.165) is 38.5 Å². The van der Waals surface area contributed by atoms with Crippen molar-refractivity contribution in [3.05, 3.63) is 41.0 Å². The van der Waals surface area contributed by atoms with E-state index in [4.69, 9.17) is 0 Å². The molecule has 1 saturated carbocycles. The van der Waals surface area contributed by atoms with Gasteiger partial charge in [-0.25, -0.2) is 13.1 Å². The van der Waals surface area contributed by atoms with E-state index in [1.165, 1.54) is 17.4 Å². The largest absolute Gasteiger partial charge is 0.352 e. The SMILES string of the molecule is CS(=O)(=O)NC1CCCCC1CNC(=O)c1ccc2c(c1)CCC=C2. The van der Waals surface area contributed by atoms with Crippen LogP contribution in [-0.4, -0.2) is 33.2 Å². The van der Waals surface area contributed by atoms with Crippen LogP contribution >= 0.6 is 0 Å². The molecule has 0 spiro atoms. The highest BCUT2D eigenvalue weighted by Crippen LogP contribution is 2.25. The molecule has 3 rings (SSSR count). The van der Waals surface area contributed by atoms with Gasteiger partial charge in [0.05, 0.1) is 6.26 Å². The fraction of sp³-hybridized carbons (Fsp3) is 0.526. The summed E-state index contributed by atoms with van der Waals surface area (Å²) < 4.78 is 25.8. The van der Waals surface area contributed by atoms with Crippen molar-refractivity contribution in [2.45, 2.75) is 44.6 Å². The van der Waals surface area contributed by atoms with Gasteiger partial charge in [0, 0.05) is 18.2 Å². The first-order valence-corrected chi connectivity index (χ1v) is 10.9. The van der Waals surface area contributed by atoms with E-state index in [9.17, 15) is 13.2 Å². The summed E-state index contributed by atoms with van der Waals surface area (Å²) >= 11 is 0. The minimum Gasteiger partial charge on any atom is -0.352 e. The second-order valence-electron chi connectivity index (χ2n) is 7.11. The average Bonchev–Trinajstić information content (AvgIpc) is 2.59. The highest BCUT2D eigenvalue weighted by atomic mass is 32.2. The number of sulfonamides is 1. The van der Waals surface area contributed by atoms with Crippen LogP contribution in [-0.2, 0) is 16.4 Å². The third kappa shape index (κ3) is 4.92. The first-order valence-electron chi connectivity index (χ1n) is 8.97. The molecule has 5 nitrogen and oxygen atoms in total. The van der Waals surface area contributed by atoms with Gasteiger partial charge in [0.15, 0.2) is 0 Å². The highest BCUT2D eigenvalue weighted by Gasteiger charge is 2.27. The van der Waals surface area contributed by atoms with Crippen LogP contribution in [0.1, 0.15) is 53.6 Å². The lowest BCUT2D eigenvalue weighted by atomic mass is 9.85. The Morgan fingerprint density at radius 3 is 2.84 bits per heavy atom. The van der Waals surface area contributed by atoms with Gasteiger partial charge in [-0.1, -0.05) is 31.1 Å². The predicted octanol–water partition coefficient (Wildman–Crippen LogP) is 2.48. The topological polar surface area (TPSA) is 75.3 Å². The third-order valence-electron chi connectivity index (χ3n) is 5.08. The Bertz CT molecular complexity index is 771. The van der Waals surface area contributed by atoms with Crippen LogP contribution in [0.15, 0.2) is 24.3 Å². The van der Waals surface area contributed by atoms with E-state index in [0.29, 0.717) is 12.1 Å². The molecule has 1 aromatic carbocycles. The molecule has 1 aromatic rings. The maximum absolute atomic E-state index is 12.5. The summed E-state index contributed by atoms with van der Waals surface area (Å²) in [5.74, 6) is 0.0639. The standard InChI is InChI=1S/C19H26N2O3S/c1-25(23,24)21-18-9-5-4-8-17(18)13-20-19(22)16-11-10-14-6-2-3-7-15(14)12-16/h2,6,10-12,17-18,21H,3-5,7-9,13H2,1H3,(H,20,22). The summed E-state index contributed by atoms with van der Waals surface area (Å²) in [6.07, 6.45) is 11.3. The lowest BCUT2D eigenvalue weighted by Crippen LogP contribution is -2.46. The molecule has 6 heteroatoms. The van der Waals surface area contributed by atoms with Crippen molar-refractivity contribution in [3.8, 4) is 0 Å². The third-order valence-corrected chi connectivity index (χ3v) is 5.81. The van der Waals surface area contributed by atoms with Gasteiger partial charge in [-0.3, -0.25) is 4.79 Å². The fourth-order valence-corrected chi connectivity index (χ4v) is 4.64. The van der Waals surface area contributed by atoms with Gasteiger partial charge >= 0.3 is 0 Å². The Kier molecular flexibility index (Phi) is 5.59. The number of hydrogen-bond donors (Lipinski definition) is 2. The van der Waals surface area contributed by atoms with E-state index >= 15 is 0 Å². The van der Waals surface area contributed by atoms with Gasteiger partial charge in [-0.05, 0) is 54.9 Å². The molecule has 1 amide bonds. The number of amides is 1. The van der Waals surface area contributed by atoms with Crippen molar-refractivity contribution in [2.75, 3.05) is 12.8 Å². The average molecular weight is 362 g/mol. The van der Waals surface area contributed by atoms with Crippen LogP contribution in [0.4, 0.5) is 0 Å². The number of carbonyl (C=O) groups is 1. The monoisotopic (exact) mass is 362 g/mol. The number of fused-ring (bicyclic) bond motifs is 1. The molecule has 25 heavy (non-hydrogen) atoms. The zero-order valence-corrected chi connectivity index (χ0v) is 15.4. The molecule has 0 radical (unpaired) electrons.